The van der Waals surface area contributed by atoms with E-state index in [1.165, 1.54) is 6.07 Å². The molecule has 3 aromatic carbocycles. The van der Waals surface area contributed by atoms with Gasteiger partial charge in [-0.1, -0.05) is 41.4 Å². The Morgan fingerprint density at radius 3 is 2.38 bits per heavy atom. The van der Waals surface area contributed by atoms with E-state index in [0.29, 0.717) is 21.8 Å². The maximum absolute atomic E-state index is 11.8. The molecule has 0 bridgehead atoms. The van der Waals surface area contributed by atoms with Gasteiger partial charge in [0.1, 0.15) is 6.07 Å². The van der Waals surface area contributed by atoms with Crippen LogP contribution in [0.3, 0.4) is 0 Å². The first-order chi connectivity index (χ1) is 13.9. The number of hydrogen-bond acceptors (Lipinski definition) is 5. The topological polar surface area (TPSA) is 112 Å². The summed E-state index contributed by atoms with van der Waals surface area (Å²) in [7, 11) is 0. The number of aryl methyl sites for hydroxylation is 1. The van der Waals surface area contributed by atoms with Crippen LogP contribution < -0.4 is 11.2 Å². The number of rotatable bonds is 5. The average Bonchev–Trinajstić information content (AvgIpc) is 2.69. The lowest BCUT2D eigenvalue weighted by molar-refractivity contribution is -0.129. The van der Waals surface area contributed by atoms with Crippen LogP contribution in [0.1, 0.15) is 16.7 Å². The molecule has 29 heavy (non-hydrogen) atoms. The highest BCUT2D eigenvalue weighted by Gasteiger charge is 2.18. The van der Waals surface area contributed by atoms with E-state index in [0.717, 1.165) is 5.56 Å². The molecule has 0 heterocycles. The highest BCUT2D eigenvalue weighted by molar-refractivity contribution is 6.43. The molecule has 0 aliphatic heterocycles. The van der Waals surface area contributed by atoms with E-state index < -0.39 is 5.97 Å². The molecule has 0 aliphatic rings. The Labute approximate surface area is 172 Å². The fourth-order valence-corrected chi connectivity index (χ4v) is 2.89. The van der Waals surface area contributed by atoms with Crippen LogP contribution in [0, 0.1) is 18.3 Å². The fraction of sp³-hybridized carbons (Fsp3) is 0.0455. The van der Waals surface area contributed by atoms with Gasteiger partial charge >= 0.3 is 5.97 Å². The van der Waals surface area contributed by atoms with Gasteiger partial charge in [0.2, 0.25) is 0 Å². The number of halogens is 1. The van der Waals surface area contributed by atoms with Crippen molar-refractivity contribution < 1.29 is 9.90 Å². The molecular formula is C22H17ClN4O2. The summed E-state index contributed by atoms with van der Waals surface area (Å²) in [5.41, 5.74) is 12.2. The predicted molar refractivity (Wildman–Crippen MR) is 115 cm³/mol. The van der Waals surface area contributed by atoms with E-state index in [1.807, 2.05) is 19.1 Å². The van der Waals surface area contributed by atoms with E-state index in [4.69, 9.17) is 17.3 Å². The molecule has 0 radical (unpaired) electrons. The van der Waals surface area contributed by atoms with E-state index in [2.05, 4.69) is 16.6 Å². The second-order valence-electron chi connectivity index (χ2n) is 6.35. The zero-order chi connectivity index (χ0) is 21.0. The van der Waals surface area contributed by atoms with Gasteiger partial charge in [-0.05, 0) is 48.9 Å². The third-order valence-electron chi connectivity index (χ3n) is 4.26. The number of hydrazone groups is 1. The number of carbonyl (C=O) groups is 1. The average molecular weight is 405 g/mol. The van der Waals surface area contributed by atoms with E-state index in [-0.39, 0.29) is 22.5 Å². The third kappa shape index (κ3) is 4.54. The number of hydrogen-bond donors (Lipinski definition) is 3. The first-order valence-electron chi connectivity index (χ1n) is 8.62. The largest absolute Gasteiger partial charge is 0.476 e. The van der Waals surface area contributed by atoms with Gasteiger partial charge in [-0.15, -0.1) is 0 Å². The van der Waals surface area contributed by atoms with Crippen LogP contribution >= 0.6 is 11.6 Å². The predicted octanol–water partition coefficient (Wildman–Crippen LogP) is 4.67. The summed E-state index contributed by atoms with van der Waals surface area (Å²) >= 11 is 5.94. The second-order valence-corrected chi connectivity index (χ2v) is 6.79. The van der Waals surface area contributed by atoms with E-state index in [9.17, 15) is 15.2 Å². The van der Waals surface area contributed by atoms with Crippen LogP contribution in [0.25, 0.3) is 11.1 Å². The number of nitrogens with two attached hydrogens (primary N) is 1. The number of nitrogens with zero attached hydrogens (tertiary/aromatic N) is 2. The van der Waals surface area contributed by atoms with Crippen molar-refractivity contribution in [1.82, 2.24) is 0 Å². The molecule has 0 amide bonds. The monoisotopic (exact) mass is 404 g/mol. The highest BCUT2D eigenvalue weighted by Crippen LogP contribution is 2.30. The lowest BCUT2D eigenvalue weighted by atomic mass is 9.95. The SMILES string of the molecule is Cc1ccc(N/N=C(/C(=O)O)c2cc(N)c(C#N)c(-c3ccc(Cl)cc3)c2)cc1. The number of nitrogens with one attached hydrogen (secondary N) is 1. The van der Waals surface area contributed by atoms with Gasteiger partial charge in [-0.25, -0.2) is 4.79 Å². The zero-order valence-corrected chi connectivity index (χ0v) is 16.2. The second kappa shape index (κ2) is 8.46. The number of carboxylic acids is 1. The van der Waals surface area contributed by atoms with Gasteiger partial charge in [0.15, 0.2) is 5.71 Å². The Balaban J connectivity index is 2.08. The summed E-state index contributed by atoms with van der Waals surface area (Å²) in [5.74, 6) is -1.23. The third-order valence-corrected chi connectivity index (χ3v) is 4.51. The number of aliphatic carboxylic acids is 1. The van der Waals surface area contributed by atoms with Crippen molar-refractivity contribution in [3.8, 4) is 17.2 Å². The Hall–Kier alpha value is -3.82. The molecule has 0 spiro atoms. The molecule has 4 N–H and O–H groups in total. The lowest BCUT2D eigenvalue weighted by Crippen LogP contribution is -2.17. The van der Waals surface area contributed by atoms with Crippen molar-refractivity contribution in [2.45, 2.75) is 6.92 Å². The summed E-state index contributed by atoms with van der Waals surface area (Å²) in [6, 6.07) is 19.3. The normalized spacial score (nSPS) is 11.0. The summed E-state index contributed by atoms with van der Waals surface area (Å²) in [5, 5.41) is 23.8. The van der Waals surface area contributed by atoms with Crippen LogP contribution in [0.15, 0.2) is 65.8 Å². The van der Waals surface area contributed by atoms with Crippen molar-refractivity contribution in [3.63, 3.8) is 0 Å². The summed E-state index contributed by atoms with van der Waals surface area (Å²) in [4.78, 5) is 11.8. The Morgan fingerprint density at radius 1 is 1.14 bits per heavy atom. The smallest absolute Gasteiger partial charge is 0.356 e. The van der Waals surface area contributed by atoms with Gasteiger partial charge < -0.3 is 10.8 Å². The van der Waals surface area contributed by atoms with Crippen LogP contribution in [-0.2, 0) is 4.79 Å². The molecule has 0 fully saturated rings. The molecule has 3 aromatic rings. The van der Waals surface area contributed by atoms with Crippen molar-refractivity contribution >= 4 is 34.7 Å². The zero-order valence-electron chi connectivity index (χ0n) is 15.5. The molecule has 0 saturated carbocycles. The Kier molecular flexibility index (Phi) is 5.82. The number of nitriles is 1. The van der Waals surface area contributed by atoms with Gasteiger partial charge in [0.25, 0.3) is 0 Å². The van der Waals surface area contributed by atoms with Gasteiger partial charge in [0.05, 0.1) is 16.9 Å². The Morgan fingerprint density at radius 2 is 1.79 bits per heavy atom. The minimum atomic E-state index is -1.23. The van der Waals surface area contributed by atoms with E-state index >= 15 is 0 Å². The van der Waals surface area contributed by atoms with Crippen LogP contribution in [-0.4, -0.2) is 16.8 Å². The molecule has 144 valence electrons. The first kappa shape index (κ1) is 19.9. The lowest BCUT2D eigenvalue weighted by Gasteiger charge is -2.11. The molecule has 7 heteroatoms. The minimum Gasteiger partial charge on any atom is -0.476 e. The maximum atomic E-state index is 11.8. The number of anilines is 2. The standard InChI is InChI=1S/C22H17ClN4O2/c1-13-2-8-17(9-3-13)26-27-21(22(28)29)15-10-18(19(12-24)20(25)11-15)14-4-6-16(23)7-5-14/h2-11,26H,25H2,1H3,(H,28,29)/b27-21+. The highest BCUT2D eigenvalue weighted by atomic mass is 35.5. The quantitative estimate of drug-likeness (QED) is 0.325. The maximum Gasteiger partial charge on any atom is 0.356 e. The van der Waals surface area contributed by atoms with Crippen molar-refractivity contribution in [3.05, 3.63) is 82.4 Å². The fourth-order valence-electron chi connectivity index (χ4n) is 2.77. The first-order valence-corrected chi connectivity index (χ1v) is 9.00. The molecule has 0 atom stereocenters. The number of nitrogen functional groups attached to an aromatic ring is 1. The molecule has 0 unspecified atom stereocenters. The molecule has 3 rings (SSSR count). The van der Waals surface area contributed by atoms with Crippen molar-refractivity contribution in [2.24, 2.45) is 5.10 Å². The van der Waals surface area contributed by atoms with Gasteiger partial charge in [0, 0.05) is 16.1 Å². The molecule has 0 aliphatic carbocycles. The van der Waals surface area contributed by atoms with Gasteiger partial charge in [-0.2, -0.15) is 10.4 Å². The summed E-state index contributed by atoms with van der Waals surface area (Å²) in [6.45, 7) is 1.95. The number of benzene rings is 3. The molecule has 6 nitrogen and oxygen atoms in total. The molecule has 0 aromatic heterocycles. The van der Waals surface area contributed by atoms with Crippen molar-refractivity contribution in [2.75, 3.05) is 11.2 Å². The number of carboxylic acid groups (broad SMARTS) is 1. The molecule has 0 saturated heterocycles. The van der Waals surface area contributed by atoms with E-state index in [1.54, 1.807) is 42.5 Å². The van der Waals surface area contributed by atoms with Crippen LogP contribution in [0.2, 0.25) is 5.02 Å². The Bertz CT molecular complexity index is 1130. The van der Waals surface area contributed by atoms with Crippen LogP contribution in [0.4, 0.5) is 11.4 Å². The summed E-state index contributed by atoms with van der Waals surface area (Å²) < 4.78 is 0. The minimum absolute atomic E-state index is 0.166. The van der Waals surface area contributed by atoms with Crippen LogP contribution in [0.5, 0.6) is 0 Å². The van der Waals surface area contributed by atoms with Crippen molar-refractivity contribution in [1.29, 1.82) is 5.26 Å². The summed E-state index contributed by atoms with van der Waals surface area (Å²) in [6.07, 6.45) is 0. The van der Waals surface area contributed by atoms with Gasteiger partial charge in [-0.3, -0.25) is 5.43 Å². The molecular weight excluding hydrogens is 388 g/mol.